The van der Waals surface area contributed by atoms with Crippen LogP contribution in [0.1, 0.15) is 50.2 Å². The molecule has 4 nitrogen and oxygen atoms in total. The van der Waals surface area contributed by atoms with Crippen LogP contribution in [-0.4, -0.2) is 33.8 Å². The summed E-state index contributed by atoms with van der Waals surface area (Å²) in [6.07, 6.45) is 1.22. The molecule has 0 saturated carbocycles. The first-order valence-electron chi connectivity index (χ1n) is 7.49. The average molecular weight is 264 g/mol. The van der Waals surface area contributed by atoms with Gasteiger partial charge in [-0.25, -0.2) is 0 Å². The predicted octanol–water partition coefficient (Wildman–Crippen LogP) is 2.25. The van der Waals surface area contributed by atoms with Gasteiger partial charge in [0.2, 0.25) is 0 Å². The standard InChI is InChI=1S/C15H28N4/c1-6-19-13(5)15(11(3)17-19)12(4)18-9-14(8-16)7-10(18)2/h10,12,14H,6-9,16H2,1-5H3. The van der Waals surface area contributed by atoms with Crippen LogP contribution in [0.15, 0.2) is 0 Å². The molecule has 0 radical (unpaired) electrons. The number of nitrogens with two attached hydrogens (primary N) is 1. The Labute approximate surface area is 117 Å². The van der Waals surface area contributed by atoms with Crippen molar-refractivity contribution in [2.75, 3.05) is 13.1 Å². The highest BCUT2D eigenvalue weighted by molar-refractivity contribution is 5.28. The highest BCUT2D eigenvalue weighted by Crippen LogP contribution is 2.34. The number of nitrogens with zero attached hydrogens (tertiary/aromatic N) is 3. The summed E-state index contributed by atoms with van der Waals surface area (Å²) in [5.41, 5.74) is 9.74. The molecule has 3 unspecified atom stereocenters. The van der Waals surface area contributed by atoms with Gasteiger partial charge in [0.1, 0.15) is 0 Å². The second-order valence-corrected chi connectivity index (χ2v) is 5.96. The highest BCUT2D eigenvalue weighted by Gasteiger charge is 2.33. The van der Waals surface area contributed by atoms with Gasteiger partial charge in [-0.2, -0.15) is 5.10 Å². The van der Waals surface area contributed by atoms with Crippen molar-refractivity contribution < 1.29 is 0 Å². The maximum atomic E-state index is 5.84. The second kappa shape index (κ2) is 5.63. The van der Waals surface area contributed by atoms with E-state index in [2.05, 4.69) is 49.3 Å². The minimum Gasteiger partial charge on any atom is -0.330 e. The lowest BCUT2D eigenvalue weighted by molar-refractivity contribution is 0.199. The molecule has 0 bridgehead atoms. The van der Waals surface area contributed by atoms with Gasteiger partial charge in [-0.05, 0) is 53.5 Å². The summed E-state index contributed by atoms with van der Waals surface area (Å²) in [6.45, 7) is 14.0. The zero-order chi connectivity index (χ0) is 14.2. The van der Waals surface area contributed by atoms with E-state index in [0.29, 0.717) is 18.0 Å². The number of hydrogen-bond acceptors (Lipinski definition) is 3. The molecule has 2 heterocycles. The number of aryl methyl sites for hydroxylation is 2. The van der Waals surface area contributed by atoms with Crippen molar-refractivity contribution >= 4 is 0 Å². The number of rotatable bonds is 4. The van der Waals surface area contributed by atoms with Crippen LogP contribution >= 0.6 is 0 Å². The van der Waals surface area contributed by atoms with Gasteiger partial charge >= 0.3 is 0 Å². The van der Waals surface area contributed by atoms with E-state index < -0.39 is 0 Å². The molecular weight excluding hydrogens is 236 g/mol. The molecular formula is C15H28N4. The van der Waals surface area contributed by atoms with Crippen molar-refractivity contribution in [2.45, 2.75) is 59.7 Å². The van der Waals surface area contributed by atoms with E-state index >= 15 is 0 Å². The molecule has 1 aromatic rings. The van der Waals surface area contributed by atoms with Crippen molar-refractivity contribution in [1.82, 2.24) is 14.7 Å². The molecule has 1 aromatic heterocycles. The molecule has 1 saturated heterocycles. The van der Waals surface area contributed by atoms with Crippen molar-refractivity contribution in [1.29, 1.82) is 0 Å². The van der Waals surface area contributed by atoms with Crippen LogP contribution in [-0.2, 0) is 6.54 Å². The van der Waals surface area contributed by atoms with Crippen LogP contribution in [0.3, 0.4) is 0 Å². The molecule has 1 aliphatic heterocycles. The summed E-state index contributed by atoms with van der Waals surface area (Å²) >= 11 is 0. The first kappa shape index (κ1) is 14.5. The van der Waals surface area contributed by atoms with Gasteiger partial charge in [-0.3, -0.25) is 9.58 Å². The van der Waals surface area contributed by atoms with Crippen LogP contribution < -0.4 is 5.73 Å². The normalized spacial score (nSPS) is 26.0. The van der Waals surface area contributed by atoms with Crippen molar-refractivity contribution in [3.8, 4) is 0 Å². The lowest BCUT2D eigenvalue weighted by atomic mass is 10.0. The summed E-state index contributed by atoms with van der Waals surface area (Å²) < 4.78 is 2.11. The third kappa shape index (κ3) is 2.56. The highest BCUT2D eigenvalue weighted by atomic mass is 15.3. The molecule has 0 aromatic carbocycles. The lowest BCUT2D eigenvalue weighted by Crippen LogP contribution is -2.31. The second-order valence-electron chi connectivity index (χ2n) is 5.96. The van der Waals surface area contributed by atoms with Gasteiger partial charge in [0, 0.05) is 36.4 Å². The third-order valence-corrected chi connectivity index (χ3v) is 4.70. The fourth-order valence-electron chi connectivity index (χ4n) is 3.67. The van der Waals surface area contributed by atoms with Crippen molar-refractivity contribution in [2.24, 2.45) is 11.7 Å². The Bertz CT molecular complexity index is 438. The van der Waals surface area contributed by atoms with Crippen molar-refractivity contribution in [3.05, 3.63) is 17.0 Å². The average Bonchev–Trinajstić information content (AvgIpc) is 2.89. The summed E-state index contributed by atoms with van der Waals surface area (Å²) in [7, 11) is 0. The Morgan fingerprint density at radius 1 is 1.42 bits per heavy atom. The fourth-order valence-corrected chi connectivity index (χ4v) is 3.67. The Morgan fingerprint density at radius 2 is 2.11 bits per heavy atom. The SMILES string of the molecule is CCn1nc(C)c(C(C)N2CC(CN)CC2C)c1C. The van der Waals surface area contributed by atoms with E-state index in [0.717, 1.165) is 19.6 Å². The molecule has 2 rings (SSSR count). The Hall–Kier alpha value is -0.870. The molecule has 3 atom stereocenters. The molecule has 1 aliphatic rings. The van der Waals surface area contributed by atoms with Gasteiger partial charge < -0.3 is 5.73 Å². The van der Waals surface area contributed by atoms with Gasteiger partial charge in [-0.15, -0.1) is 0 Å². The molecule has 2 N–H and O–H groups in total. The van der Waals surface area contributed by atoms with Crippen LogP contribution in [0.4, 0.5) is 0 Å². The number of aromatic nitrogens is 2. The van der Waals surface area contributed by atoms with Crippen LogP contribution in [0.25, 0.3) is 0 Å². The number of likely N-dealkylation sites (tertiary alicyclic amines) is 1. The van der Waals surface area contributed by atoms with E-state index in [-0.39, 0.29) is 0 Å². The molecule has 0 aliphatic carbocycles. The first-order chi connectivity index (χ1) is 8.99. The van der Waals surface area contributed by atoms with Gasteiger partial charge in [0.15, 0.2) is 0 Å². The van der Waals surface area contributed by atoms with E-state index in [9.17, 15) is 0 Å². The quantitative estimate of drug-likeness (QED) is 0.907. The van der Waals surface area contributed by atoms with Crippen molar-refractivity contribution in [3.63, 3.8) is 0 Å². The van der Waals surface area contributed by atoms with E-state index in [1.54, 1.807) is 0 Å². The van der Waals surface area contributed by atoms with E-state index in [1.807, 2.05) is 0 Å². The fraction of sp³-hybridized carbons (Fsp3) is 0.800. The molecule has 108 valence electrons. The Morgan fingerprint density at radius 3 is 2.58 bits per heavy atom. The lowest BCUT2D eigenvalue weighted by Gasteiger charge is -2.29. The largest absolute Gasteiger partial charge is 0.330 e. The van der Waals surface area contributed by atoms with E-state index in [4.69, 9.17) is 5.73 Å². The number of hydrogen-bond donors (Lipinski definition) is 1. The minimum absolute atomic E-state index is 0.437. The molecule has 1 fully saturated rings. The monoisotopic (exact) mass is 264 g/mol. The van der Waals surface area contributed by atoms with Gasteiger partial charge in [0.25, 0.3) is 0 Å². The van der Waals surface area contributed by atoms with E-state index in [1.165, 1.54) is 23.4 Å². The summed E-state index contributed by atoms with van der Waals surface area (Å²) in [4.78, 5) is 2.59. The molecule has 4 heteroatoms. The summed E-state index contributed by atoms with van der Waals surface area (Å²) in [5.74, 6) is 0.652. The minimum atomic E-state index is 0.437. The smallest absolute Gasteiger partial charge is 0.0644 e. The zero-order valence-corrected chi connectivity index (χ0v) is 13.0. The third-order valence-electron chi connectivity index (χ3n) is 4.70. The maximum absolute atomic E-state index is 5.84. The van der Waals surface area contributed by atoms with Gasteiger partial charge in [0.05, 0.1) is 5.69 Å². The predicted molar refractivity (Wildman–Crippen MR) is 79.1 cm³/mol. The summed E-state index contributed by atoms with van der Waals surface area (Å²) in [5, 5.41) is 4.65. The summed E-state index contributed by atoms with van der Waals surface area (Å²) in [6, 6.07) is 1.05. The molecule has 0 spiro atoms. The van der Waals surface area contributed by atoms with Crippen LogP contribution in [0, 0.1) is 19.8 Å². The topological polar surface area (TPSA) is 47.1 Å². The maximum Gasteiger partial charge on any atom is 0.0644 e. The van der Waals surface area contributed by atoms with Crippen LogP contribution in [0.2, 0.25) is 0 Å². The Kier molecular flexibility index (Phi) is 4.31. The van der Waals surface area contributed by atoms with Gasteiger partial charge in [-0.1, -0.05) is 0 Å². The molecule has 19 heavy (non-hydrogen) atoms. The Balaban J connectivity index is 2.25. The zero-order valence-electron chi connectivity index (χ0n) is 13.0. The molecule has 0 amide bonds. The first-order valence-corrected chi connectivity index (χ1v) is 7.49. The van der Waals surface area contributed by atoms with Crippen LogP contribution in [0.5, 0.6) is 0 Å².